The zero-order valence-electron chi connectivity index (χ0n) is 17.9. The van der Waals surface area contributed by atoms with E-state index in [0.29, 0.717) is 38.5 Å². The van der Waals surface area contributed by atoms with E-state index >= 15 is 0 Å². The molecule has 1 amide bonds. The van der Waals surface area contributed by atoms with Crippen LogP contribution in [0.3, 0.4) is 0 Å². The molecule has 0 spiro atoms. The summed E-state index contributed by atoms with van der Waals surface area (Å²) in [4.78, 5) is 26.8. The Bertz CT molecular complexity index is 1110. The molecular weight excluding hydrogens is 432 g/mol. The van der Waals surface area contributed by atoms with Gasteiger partial charge in [-0.05, 0) is 49.6 Å². The first kappa shape index (κ1) is 22.3. The Morgan fingerprint density at radius 2 is 1.78 bits per heavy atom. The van der Waals surface area contributed by atoms with Gasteiger partial charge in [0, 0.05) is 19.6 Å². The number of carbonyl (C=O) groups is 2. The summed E-state index contributed by atoms with van der Waals surface area (Å²) in [5.41, 5.74) is 1.72. The maximum Gasteiger partial charge on any atom is 0.338 e. The van der Waals surface area contributed by atoms with Gasteiger partial charge in [-0.1, -0.05) is 24.3 Å². The third-order valence-electron chi connectivity index (χ3n) is 5.68. The lowest BCUT2D eigenvalue weighted by molar-refractivity contribution is -0.143. The number of hydrogen-bond donors (Lipinski definition) is 0. The number of sulfonamides is 1. The van der Waals surface area contributed by atoms with Crippen LogP contribution in [0, 0.1) is 0 Å². The molecule has 2 aliphatic rings. The summed E-state index contributed by atoms with van der Waals surface area (Å²) >= 11 is 0. The largest absolute Gasteiger partial charge is 0.449 e. The Labute approximate surface area is 187 Å². The number of morpholine rings is 1. The van der Waals surface area contributed by atoms with Crippen LogP contribution >= 0.6 is 0 Å². The number of anilines is 1. The number of hydrogen-bond acceptors (Lipinski definition) is 6. The van der Waals surface area contributed by atoms with E-state index in [1.165, 1.54) is 35.5 Å². The second-order valence-corrected chi connectivity index (χ2v) is 9.68. The fourth-order valence-corrected chi connectivity index (χ4v) is 5.57. The van der Waals surface area contributed by atoms with Crippen LogP contribution in [0.5, 0.6) is 0 Å². The van der Waals surface area contributed by atoms with Gasteiger partial charge in [-0.25, -0.2) is 13.2 Å². The minimum absolute atomic E-state index is 0.0100. The molecule has 32 heavy (non-hydrogen) atoms. The van der Waals surface area contributed by atoms with E-state index in [-0.39, 0.29) is 16.4 Å². The van der Waals surface area contributed by atoms with Crippen LogP contribution in [0.1, 0.15) is 29.3 Å². The van der Waals surface area contributed by atoms with Crippen LogP contribution in [0.2, 0.25) is 0 Å². The van der Waals surface area contributed by atoms with E-state index in [1.807, 2.05) is 18.2 Å². The minimum Gasteiger partial charge on any atom is -0.449 e. The fourth-order valence-electron chi connectivity index (χ4n) is 3.98. The Balaban J connectivity index is 1.52. The summed E-state index contributed by atoms with van der Waals surface area (Å²) in [7, 11) is -3.86. The Hall–Kier alpha value is -2.91. The second kappa shape index (κ2) is 9.30. The molecule has 2 aromatic carbocycles. The van der Waals surface area contributed by atoms with Crippen molar-refractivity contribution in [3.8, 4) is 0 Å². The molecule has 4 rings (SSSR count). The average Bonchev–Trinajstić information content (AvgIpc) is 2.83. The standard InChI is InChI=1S/C23H26N2O6S/c1-17(22(26)24-12-14-30-15-13-24)31-23(27)19-7-4-9-20(16-19)32(28,29)25-11-5-8-18-6-2-3-10-21(18)25/h2-4,6-7,9-10,16-17H,5,8,11-15H2,1H3. The first-order chi connectivity index (χ1) is 15.4. The van der Waals surface area contributed by atoms with Crippen molar-refractivity contribution in [2.45, 2.75) is 30.8 Å². The van der Waals surface area contributed by atoms with E-state index in [9.17, 15) is 18.0 Å². The van der Waals surface area contributed by atoms with Crippen LogP contribution in [-0.4, -0.2) is 64.1 Å². The van der Waals surface area contributed by atoms with Crippen LogP contribution in [0.4, 0.5) is 5.69 Å². The van der Waals surface area contributed by atoms with Gasteiger partial charge in [0.1, 0.15) is 0 Å². The number of fused-ring (bicyclic) bond motifs is 1. The van der Waals surface area contributed by atoms with Crippen molar-refractivity contribution >= 4 is 27.6 Å². The van der Waals surface area contributed by atoms with Crippen LogP contribution < -0.4 is 4.31 Å². The van der Waals surface area contributed by atoms with Gasteiger partial charge in [-0.3, -0.25) is 9.10 Å². The lowest BCUT2D eigenvalue weighted by atomic mass is 10.0. The maximum atomic E-state index is 13.4. The number of amides is 1. The smallest absolute Gasteiger partial charge is 0.338 e. The molecule has 2 aromatic rings. The average molecular weight is 459 g/mol. The van der Waals surface area contributed by atoms with Gasteiger partial charge >= 0.3 is 5.97 Å². The number of carbonyl (C=O) groups excluding carboxylic acids is 2. The second-order valence-electron chi connectivity index (χ2n) is 7.82. The van der Waals surface area contributed by atoms with E-state index in [2.05, 4.69) is 0 Å². The van der Waals surface area contributed by atoms with Gasteiger partial charge < -0.3 is 14.4 Å². The molecule has 1 atom stereocenters. The number of nitrogens with zero attached hydrogens (tertiary/aromatic N) is 2. The normalized spacial score (nSPS) is 17.4. The van der Waals surface area contributed by atoms with Crippen LogP contribution in [0.15, 0.2) is 53.4 Å². The molecule has 1 saturated heterocycles. The zero-order chi connectivity index (χ0) is 22.7. The monoisotopic (exact) mass is 458 g/mol. The van der Waals surface area contributed by atoms with Crippen LogP contribution in [0.25, 0.3) is 0 Å². The predicted octanol–water partition coefficient (Wildman–Crippen LogP) is 2.23. The summed E-state index contributed by atoms with van der Waals surface area (Å²) < 4.78 is 38.7. The number of aryl methyl sites for hydroxylation is 1. The van der Waals surface area contributed by atoms with Crippen molar-refractivity contribution in [2.24, 2.45) is 0 Å². The fraction of sp³-hybridized carbons (Fsp3) is 0.391. The van der Waals surface area contributed by atoms with Gasteiger partial charge in [0.05, 0.1) is 29.4 Å². The maximum absolute atomic E-state index is 13.4. The highest BCUT2D eigenvalue weighted by atomic mass is 32.2. The van der Waals surface area contributed by atoms with Crippen LogP contribution in [-0.2, 0) is 30.7 Å². The number of benzene rings is 2. The molecule has 1 fully saturated rings. The van der Waals surface area contributed by atoms with Crippen molar-refractivity contribution in [3.63, 3.8) is 0 Å². The third kappa shape index (κ3) is 4.49. The van der Waals surface area contributed by atoms with Crippen molar-refractivity contribution < 1.29 is 27.5 Å². The molecule has 2 heterocycles. The summed E-state index contributed by atoms with van der Waals surface area (Å²) in [5.74, 6) is -1.04. The molecule has 0 radical (unpaired) electrons. The summed E-state index contributed by atoms with van der Waals surface area (Å²) in [5, 5.41) is 0. The molecule has 0 bridgehead atoms. The number of esters is 1. The highest BCUT2D eigenvalue weighted by Crippen LogP contribution is 2.32. The Kier molecular flexibility index (Phi) is 6.48. The zero-order valence-corrected chi connectivity index (χ0v) is 18.7. The number of ether oxygens (including phenoxy) is 2. The molecule has 170 valence electrons. The van der Waals surface area contributed by atoms with Gasteiger partial charge in [-0.15, -0.1) is 0 Å². The lowest BCUT2D eigenvalue weighted by Crippen LogP contribution is -2.46. The summed E-state index contributed by atoms with van der Waals surface area (Å²) in [6, 6.07) is 13.2. The molecule has 0 aliphatic carbocycles. The van der Waals surface area contributed by atoms with Crippen molar-refractivity contribution in [2.75, 3.05) is 37.2 Å². The number of para-hydroxylation sites is 1. The van der Waals surface area contributed by atoms with Crippen molar-refractivity contribution in [1.82, 2.24) is 4.90 Å². The van der Waals surface area contributed by atoms with Gasteiger partial charge in [-0.2, -0.15) is 0 Å². The van der Waals surface area contributed by atoms with Crippen molar-refractivity contribution in [1.29, 1.82) is 0 Å². The highest BCUT2D eigenvalue weighted by molar-refractivity contribution is 7.92. The Morgan fingerprint density at radius 3 is 2.56 bits per heavy atom. The van der Waals surface area contributed by atoms with E-state index in [4.69, 9.17) is 9.47 Å². The summed E-state index contributed by atoms with van der Waals surface area (Å²) in [6.45, 7) is 3.69. The van der Waals surface area contributed by atoms with Gasteiger partial charge in [0.25, 0.3) is 15.9 Å². The van der Waals surface area contributed by atoms with E-state index in [1.54, 1.807) is 11.0 Å². The van der Waals surface area contributed by atoms with E-state index < -0.39 is 22.1 Å². The topological polar surface area (TPSA) is 93.2 Å². The molecule has 0 N–H and O–H groups in total. The third-order valence-corrected chi connectivity index (χ3v) is 7.49. The van der Waals surface area contributed by atoms with Crippen molar-refractivity contribution in [3.05, 3.63) is 59.7 Å². The molecule has 8 nitrogen and oxygen atoms in total. The molecule has 0 saturated carbocycles. The number of rotatable bonds is 5. The molecule has 2 aliphatic heterocycles. The molecule has 0 aromatic heterocycles. The summed E-state index contributed by atoms with van der Waals surface area (Å²) in [6.07, 6.45) is 0.567. The SMILES string of the molecule is CC(OC(=O)c1cccc(S(=O)(=O)N2CCCc3ccccc32)c1)C(=O)N1CCOCC1. The quantitative estimate of drug-likeness (QED) is 0.638. The molecular formula is C23H26N2O6S. The van der Waals surface area contributed by atoms with E-state index in [0.717, 1.165) is 18.4 Å². The predicted molar refractivity (Wildman–Crippen MR) is 118 cm³/mol. The Morgan fingerprint density at radius 1 is 1.03 bits per heavy atom. The first-order valence-corrected chi connectivity index (χ1v) is 12.1. The minimum atomic E-state index is -3.86. The molecule has 9 heteroatoms. The lowest BCUT2D eigenvalue weighted by Gasteiger charge is -2.30. The highest BCUT2D eigenvalue weighted by Gasteiger charge is 2.30. The first-order valence-electron chi connectivity index (χ1n) is 10.7. The molecule has 1 unspecified atom stereocenters. The van der Waals surface area contributed by atoms with Gasteiger partial charge in [0.15, 0.2) is 6.10 Å². The van der Waals surface area contributed by atoms with Gasteiger partial charge in [0.2, 0.25) is 0 Å².